The highest BCUT2D eigenvalue weighted by atomic mass is 16.5. The van der Waals surface area contributed by atoms with Crippen LogP contribution >= 0.6 is 0 Å². The van der Waals surface area contributed by atoms with Crippen LogP contribution in [-0.4, -0.2) is 28.1 Å². The molecule has 0 unspecified atom stereocenters. The number of hydrogen-bond donors (Lipinski definition) is 1. The van der Waals surface area contributed by atoms with Crippen LogP contribution < -0.4 is 10.3 Å². The predicted octanol–water partition coefficient (Wildman–Crippen LogP) is 1.25. The van der Waals surface area contributed by atoms with E-state index in [1.807, 2.05) is 30.3 Å². The fraction of sp³-hybridized carbons (Fsp3) is 0.333. The molecule has 5 heteroatoms. The van der Waals surface area contributed by atoms with E-state index < -0.39 is 6.10 Å². The largest absolute Gasteiger partial charge is 0.480 e. The molecular formula is C15H18N2O3. The van der Waals surface area contributed by atoms with Crippen molar-refractivity contribution in [3.8, 4) is 5.88 Å². The highest BCUT2D eigenvalue weighted by Gasteiger charge is 2.09. The number of nitrogens with zero attached hydrogens (tertiary/aromatic N) is 2. The van der Waals surface area contributed by atoms with E-state index in [0.717, 1.165) is 12.0 Å². The summed E-state index contributed by atoms with van der Waals surface area (Å²) in [6.45, 7) is 0.170. The van der Waals surface area contributed by atoms with Gasteiger partial charge < -0.3 is 9.84 Å². The number of ether oxygens (including phenoxy) is 1. The molecule has 1 heterocycles. The van der Waals surface area contributed by atoms with Crippen molar-refractivity contribution >= 4 is 0 Å². The maximum Gasteiger partial charge on any atom is 0.267 e. The highest BCUT2D eigenvalue weighted by Crippen LogP contribution is 2.06. The van der Waals surface area contributed by atoms with E-state index in [4.69, 9.17) is 4.74 Å². The molecule has 0 amide bonds. The summed E-state index contributed by atoms with van der Waals surface area (Å²) < 4.78 is 6.20. The average molecular weight is 274 g/mol. The topological polar surface area (TPSA) is 64.3 Å². The Balaban J connectivity index is 1.94. The highest BCUT2D eigenvalue weighted by molar-refractivity contribution is 5.14. The van der Waals surface area contributed by atoms with E-state index in [1.165, 1.54) is 23.9 Å². The Morgan fingerprint density at radius 1 is 1.25 bits per heavy atom. The Morgan fingerprint density at radius 3 is 2.70 bits per heavy atom. The Hall–Kier alpha value is -2.14. The lowest BCUT2D eigenvalue weighted by Crippen LogP contribution is -2.28. The molecule has 1 aromatic carbocycles. The van der Waals surface area contributed by atoms with Gasteiger partial charge in [-0.2, -0.15) is 0 Å². The molecule has 1 atom stereocenters. The van der Waals surface area contributed by atoms with Crippen LogP contribution in [0.4, 0.5) is 0 Å². The summed E-state index contributed by atoms with van der Waals surface area (Å²) in [5.41, 5.74) is 0.919. The fourth-order valence-corrected chi connectivity index (χ4v) is 1.94. The van der Waals surface area contributed by atoms with Gasteiger partial charge in [0, 0.05) is 12.1 Å². The van der Waals surface area contributed by atoms with Gasteiger partial charge in [0.1, 0.15) is 0 Å². The first-order valence-corrected chi connectivity index (χ1v) is 6.53. The normalized spacial score (nSPS) is 12.1. The number of hydrogen-bond acceptors (Lipinski definition) is 4. The third kappa shape index (κ3) is 3.93. The lowest BCUT2D eigenvalue weighted by molar-refractivity contribution is 0.137. The first kappa shape index (κ1) is 14.3. The van der Waals surface area contributed by atoms with Crippen LogP contribution in [0.15, 0.2) is 47.3 Å². The van der Waals surface area contributed by atoms with Gasteiger partial charge in [-0.15, -0.1) is 5.10 Å². The predicted molar refractivity (Wildman–Crippen MR) is 75.8 cm³/mol. The zero-order valence-corrected chi connectivity index (χ0v) is 11.4. The van der Waals surface area contributed by atoms with Crippen molar-refractivity contribution in [2.75, 3.05) is 7.11 Å². The number of aryl methyl sites for hydroxylation is 1. The van der Waals surface area contributed by atoms with E-state index in [0.29, 0.717) is 12.3 Å². The van der Waals surface area contributed by atoms with Gasteiger partial charge in [0.25, 0.3) is 5.56 Å². The molecule has 2 aromatic rings. The number of rotatable bonds is 6. The quantitative estimate of drug-likeness (QED) is 0.861. The lowest BCUT2D eigenvalue weighted by atomic mass is 10.1. The molecular weight excluding hydrogens is 256 g/mol. The van der Waals surface area contributed by atoms with Gasteiger partial charge >= 0.3 is 0 Å². The van der Waals surface area contributed by atoms with Gasteiger partial charge in [-0.3, -0.25) is 4.79 Å². The van der Waals surface area contributed by atoms with Gasteiger partial charge in [-0.05, 0) is 18.4 Å². The van der Waals surface area contributed by atoms with Crippen molar-refractivity contribution in [1.29, 1.82) is 0 Å². The summed E-state index contributed by atoms with van der Waals surface area (Å²) in [6, 6.07) is 12.8. The zero-order chi connectivity index (χ0) is 14.4. The third-order valence-electron chi connectivity index (χ3n) is 3.04. The Morgan fingerprint density at radius 2 is 2.00 bits per heavy atom. The van der Waals surface area contributed by atoms with E-state index in [-0.39, 0.29) is 12.1 Å². The fourth-order valence-electron chi connectivity index (χ4n) is 1.94. The molecule has 0 bridgehead atoms. The van der Waals surface area contributed by atoms with E-state index in [2.05, 4.69) is 5.10 Å². The molecule has 0 spiro atoms. The molecule has 0 aliphatic carbocycles. The van der Waals surface area contributed by atoms with E-state index >= 15 is 0 Å². The molecule has 1 N–H and O–H groups in total. The molecule has 0 saturated carbocycles. The molecule has 5 nitrogen and oxygen atoms in total. The molecule has 2 rings (SSSR count). The summed E-state index contributed by atoms with van der Waals surface area (Å²) in [5.74, 6) is 0.361. The van der Waals surface area contributed by atoms with Crippen molar-refractivity contribution in [3.63, 3.8) is 0 Å². The Bertz CT molecular complexity index is 596. The van der Waals surface area contributed by atoms with E-state index in [9.17, 15) is 9.90 Å². The number of aliphatic hydroxyl groups is 1. The van der Waals surface area contributed by atoms with Gasteiger partial charge in [-0.25, -0.2) is 4.68 Å². The minimum atomic E-state index is -0.618. The number of aromatic nitrogens is 2. The SMILES string of the molecule is COc1ccc(=O)n(C[C@H](O)CCc2ccccc2)n1. The van der Waals surface area contributed by atoms with Crippen LogP contribution in [0.1, 0.15) is 12.0 Å². The zero-order valence-electron chi connectivity index (χ0n) is 11.4. The first-order chi connectivity index (χ1) is 9.69. The van der Waals surface area contributed by atoms with Crippen molar-refractivity contribution < 1.29 is 9.84 Å². The summed E-state index contributed by atoms with van der Waals surface area (Å²) in [4.78, 5) is 11.6. The second-order valence-corrected chi connectivity index (χ2v) is 4.57. The maximum absolute atomic E-state index is 11.6. The molecule has 0 aliphatic heterocycles. The molecule has 0 radical (unpaired) electrons. The monoisotopic (exact) mass is 274 g/mol. The van der Waals surface area contributed by atoms with Gasteiger partial charge in [0.2, 0.25) is 5.88 Å². The van der Waals surface area contributed by atoms with Crippen LogP contribution in [0.2, 0.25) is 0 Å². The minimum Gasteiger partial charge on any atom is -0.480 e. The average Bonchev–Trinajstić information content (AvgIpc) is 2.48. The second kappa shape index (κ2) is 6.86. The molecule has 20 heavy (non-hydrogen) atoms. The molecule has 1 aromatic heterocycles. The maximum atomic E-state index is 11.6. The van der Waals surface area contributed by atoms with Crippen molar-refractivity contribution in [2.24, 2.45) is 0 Å². The van der Waals surface area contributed by atoms with Gasteiger partial charge in [0.05, 0.1) is 19.8 Å². The summed E-state index contributed by atoms with van der Waals surface area (Å²) in [6.07, 6.45) is 0.725. The molecule has 0 saturated heterocycles. The van der Waals surface area contributed by atoms with Crippen molar-refractivity contribution in [1.82, 2.24) is 9.78 Å². The van der Waals surface area contributed by atoms with Crippen LogP contribution in [0.3, 0.4) is 0 Å². The Kier molecular flexibility index (Phi) is 4.90. The summed E-state index contributed by atoms with van der Waals surface area (Å²) in [7, 11) is 1.49. The number of benzene rings is 1. The number of methoxy groups -OCH3 is 1. The standard InChI is InChI=1S/C15H18N2O3/c1-20-14-9-10-15(19)17(16-14)11-13(18)8-7-12-5-3-2-4-6-12/h2-6,9-10,13,18H,7-8,11H2,1H3/t13-/m1/s1. The lowest BCUT2D eigenvalue weighted by Gasteiger charge is -2.12. The van der Waals surface area contributed by atoms with Crippen LogP contribution in [-0.2, 0) is 13.0 Å². The van der Waals surface area contributed by atoms with Crippen LogP contribution in [0.25, 0.3) is 0 Å². The Labute approximate surface area is 117 Å². The third-order valence-corrected chi connectivity index (χ3v) is 3.04. The smallest absolute Gasteiger partial charge is 0.267 e. The van der Waals surface area contributed by atoms with Crippen molar-refractivity contribution in [2.45, 2.75) is 25.5 Å². The van der Waals surface area contributed by atoms with Crippen LogP contribution in [0, 0.1) is 0 Å². The minimum absolute atomic E-state index is 0.170. The van der Waals surface area contributed by atoms with Crippen LogP contribution in [0.5, 0.6) is 5.88 Å². The first-order valence-electron chi connectivity index (χ1n) is 6.53. The molecule has 0 fully saturated rings. The summed E-state index contributed by atoms with van der Waals surface area (Å²) >= 11 is 0. The molecule has 0 aliphatic rings. The van der Waals surface area contributed by atoms with Crippen molar-refractivity contribution in [3.05, 3.63) is 58.4 Å². The van der Waals surface area contributed by atoms with Gasteiger partial charge in [0.15, 0.2) is 0 Å². The molecule has 106 valence electrons. The number of aliphatic hydroxyl groups excluding tert-OH is 1. The van der Waals surface area contributed by atoms with Gasteiger partial charge in [-0.1, -0.05) is 30.3 Å². The second-order valence-electron chi connectivity index (χ2n) is 4.57. The summed E-state index contributed by atoms with van der Waals surface area (Å²) in [5, 5.41) is 14.0. The van der Waals surface area contributed by atoms with E-state index in [1.54, 1.807) is 0 Å².